The molecule has 5 rings (SSSR count). The zero-order valence-electron chi connectivity index (χ0n) is 17.3. The monoisotopic (exact) mass is 412 g/mol. The fourth-order valence-electron chi connectivity index (χ4n) is 4.32. The lowest BCUT2D eigenvalue weighted by molar-refractivity contribution is -0.143. The van der Waals surface area contributed by atoms with Gasteiger partial charge in [0.15, 0.2) is 0 Å². The Morgan fingerprint density at radius 1 is 1.00 bits per heavy atom. The number of ether oxygens (including phenoxy) is 2. The van der Waals surface area contributed by atoms with Crippen LogP contribution in [0.1, 0.15) is 28.4 Å². The summed E-state index contributed by atoms with van der Waals surface area (Å²) in [5.41, 5.74) is 5.47. The number of carbonyl (C=O) groups excluding carboxylic acids is 1. The van der Waals surface area contributed by atoms with Gasteiger partial charge < -0.3 is 14.5 Å². The second-order valence-electron chi connectivity index (χ2n) is 7.79. The Bertz CT molecular complexity index is 1220. The summed E-state index contributed by atoms with van der Waals surface area (Å²) < 4.78 is 11.1. The van der Waals surface area contributed by atoms with Gasteiger partial charge in [-0.25, -0.2) is 0 Å². The molecule has 31 heavy (non-hydrogen) atoms. The molecule has 0 saturated heterocycles. The Kier molecular flexibility index (Phi) is 5.18. The zero-order valence-corrected chi connectivity index (χ0v) is 17.3. The molecule has 1 aromatic heterocycles. The van der Waals surface area contributed by atoms with Crippen molar-refractivity contribution in [3.05, 3.63) is 101 Å². The van der Waals surface area contributed by atoms with Crippen LogP contribution in [0, 0.1) is 0 Å². The van der Waals surface area contributed by atoms with Crippen molar-refractivity contribution in [1.29, 1.82) is 0 Å². The highest BCUT2D eigenvalue weighted by molar-refractivity contribution is 5.87. The number of esters is 1. The minimum Gasteiger partial charge on any atom is -0.489 e. The number of methoxy groups -OCH3 is 1. The predicted octanol–water partition coefficient (Wildman–Crippen LogP) is 4.52. The van der Waals surface area contributed by atoms with Crippen molar-refractivity contribution < 1.29 is 14.3 Å². The maximum absolute atomic E-state index is 12.4. The molecule has 1 aliphatic rings. The van der Waals surface area contributed by atoms with Gasteiger partial charge >= 0.3 is 5.97 Å². The van der Waals surface area contributed by atoms with Gasteiger partial charge in [-0.15, -0.1) is 0 Å². The van der Waals surface area contributed by atoms with Crippen LogP contribution in [-0.4, -0.2) is 24.1 Å². The van der Waals surface area contributed by atoms with Crippen LogP contribution in [0.3, 0.4) is 0 Å². The van der Waals surface area contributed by atoms with Gasteiger partial charge in [-0.3, -0.25) is 10.1 Å². The molecule has 1 aliphatic heterocycles. The van der Waals surface area contributed by atoms with Crippen LogP contribution in [-0.2, 0) is 22.6 Å². The van der Waals surface area contributed by atoms with E-state index in [2.05, 4.69) is 28.5 Å². The average Bonchev–Trinajstić information content (AvgIpc) is 3.21. The van der Waals surface area contributed by atoms with Crippen LogP contribution in [0.25, 0.3) is 10.9 Å². The first kappa shape index (κ1) is 19.4. The molecule has 3 aromatic carbocycles. The van der Waals surface area contributed by atoms with Crippen LogP contribution in [0.4, 0.5) is 0 Å². The number of hydrogen-bond acceptors (Lipinski definition) is 4. The number of nitrogens with one attached hydrogen (secondary N) is 2. The molecule has 0 aliphatic carbocycles. The topological polar surface area (TPSA) is 63.4 Å². The molecule has 0 fully saturated rings. The summed E-state index contributed by atoms with van der Waals surface area (Å²) in [6.45, 7) is 0.505. The lowest BCUT2D eigenvalue weighted by atomic mass is 9.90. The van der Waals surface area contributed by atoms with E-state index >= 15 is 0 Å². The molecule has 0 spiro atoms. The van der Waals surface area contributed by atoms with E-state index in [0.29, 0.717) is 13.0 Å². The van der Waals surface area contributed by atoms with Crippen LogP contribution >= 0.6 is 0 Å². The quantitative estimate of drug-likeness (QED) is 0.473. The second-order valence-corrected chi connectivity index (χ2v) is 7.79. The molecular weight excluding hydrogens is 388 g/mol. The zero-order chi connectivity index (χ0) is 21.2. The molecule has 0 bridgehead atoms. The Morgan fingerprint density at radius 3 is 2.65 bits per heavy atom. The highest BCUT2D eigenvalue weighted by atomic mass is 16.5. The highest BCUT2D eigenvalue weighted by Gasteiger charge is 2.34. The molecule has 5 heteroatoms. The maximum Gasteiger partial charge on any atom is 0.323 e. The van der Waals surface area contributed by atoms with Gasteiger partial charge in [-0.05, 0) is 34.9 Å². The summed E-state index contributed by atoms with van der Waals surface area (Å²) in [6.07, 6.45) is 0.590. The third kappa shape index (κ3) is 3.80. The van der Waals surface area contributed by atoms with E-state index in [1.54, 1.807) is 0 Å². The van der Waals surface area contributed by atoms with Crippen LogP contribution in [0.15, 0.2) is 78.9 Å². The number of fused-ring (bicyclic) bond motifs is 3. The minimum atomic E-state index is -0.407. The molecule has 0 radical (unpaired) electrons. The van der Waals surface area contributed by atoms with E-state index in [0.717, 1.165) is 39.0 Å². The molecule has 0 saturated carbocycles. The number of hydrogen-bond donors (Lipinski definition) is 2. The van der Waals surface area contributed by atoms with Crippen molar-refractivity contribution in [2.45, 2.75) is 25.1 Å². The molecule has 2 N–H and O–H groups in total. The first-order chi connectivity index (χ1) is 15.2. The normalized spacial score (nSPS) is 17.8. The van der Waals surface area contributed by atoms with Crippen LogP contribution < -0.4 is 10.1 Å². The fourth-order valence-corrected chi connectivity index (χ4v) is 4.32. The number of carbonyl (C=O) groups is 1. The smallest absolute Gasteiger partial charge is 0.323 e. The van der Waals surface area contributed by atoms with E-state index in [4.69, 9.17) is 9.47 Å². The van der Waals surface area contributed by atoms with Crippen molar-refractivity contribution in [3.8, 4) is 5.75 Å². The third-order valence-corrected chi connectivity index (χ3v) is 5.84. The third-order valence-electron chi connectivity index (χ3n) is 5.84. The van der Waals surface area contributed by atoms with Crippen molar-refractivity contribution in [2.24, 2.45) is 0 Å². The predicted molar refractivity (Wildman–Crippen MR) is 120 cm³/mol. The van der Waals surface area contributed by atoms with E-state index in [9.17, 15) is 4.79 Å². The molecule has 156 valence electrons. The molecule has 2 atom stereocenters. The van der Waals surface area contributed by atoms with Gasteiger partial charge in [0.05, 0.1) is 13.2 Å². The van der Waals surface area contributed by atoms with Gasteiger partial charge in [0.25, 0.3) is 0 Å². The van der Waals surface area contributed by atoms with Gasteiger partial charge in [-0.2, -0.15) is 0 Å². The lowest BCUT2D eigenvalue weighted by Crippen LogP contribution is -2.45. The van der Waals surface area contributed by atoms with Gasteiger partial charge in [0.1, 0.15) is 18.4 Å². The molecule has 2 unspecified atom stereocenters. The summed E-state index contributed by atoms with van der Waals surface area (Å²) in [6, 6.07) is 25.8. The van der Waals surface area contributed by atoms with E-state index < -0.39 is 6.04 Å². The molecule has 2 heterocycles. The fraction of sp³-hybridized carbons (Fsp3) is 0.192. The minimum absolute atomic E-state index is 0.166. The van der Waals surface area contributed by atoms with Crippen LogP contribution in [0.5, 0.6) is 5.75 Å². The van der Waals surface area contributed by atoms with Crippen molar-refractivity contribution in [2.75, 3.05) is 7.11 Å². The Labute approximate surface area is 181 Å². The number of aromatic nitrogens is 1. The van der Waals surface area contributed by atoms with E-state index in [-0.39, 0.29) is 12.0 Å². The average molecular weight is 412 g/mol. The first-order valence-corrected chi connectivity index (χ1v) is 10.4. The Morgan fingerprint density at radius 2 is 1.81 bits per heavy atom. The van der Waals surface area contributed by atoms with E-state index in [1.165, 1.54) is 7.11 Å². The second kappa shape index (κ2) is 8.28. The standard InChI is InChI=1S/C26H24N2O3/c1-30-26(29)23-15-21-20-12-5-6-13-22(20)27-25(21)24(28-23)18-10-7-11-19(14-18)31-16-17-8-3-2-4-9-17/h2-14,23-24,27-28H,15-16H2,1H3. The summed E-state index contributed by atoms with van der Waals surface area (Å²) in [5.74, 6) is 0.540. The summed E-state index contributed by atoms with van der Waals surface area (Å²) in [5, 5.41) is 4.62. The molecule has 5 nitrogen and oxygen atoms in total. The number of para-hydroxylation sites is 1. The van der Waals surface area contributed by atoms with Gasteiger partial charge in [0, 0.05) is 23.0 Å². The van der Waals surface area contributed by atoms with Crippen molar-refractivity contribution in [1.82, 2.24) is 10.3 Å². The van der Waals surface area contributed by atoms with Crippen molar-refractivity contribution in [3.63, 3.8) is 0 Å². The molecular formula is C26H24N2O3. The van der Waals surface area contributed by atoms with Crippen LogP contribution in [0.2, 0.25) is 0 Å². The number of H-pyrrole nitrogens is 1. The maximum atomic E-state index is 12.4. The highest BCUT2D eigenvalue weighted by Crippen LogP contribution is 2.36. The Balaban J connectivity index is 1.49. The number of benzene rings is 3. The van der Waals surface area contributed by atoms with Gasteiger partial charge in [0.2, 0.25) is 0 Å². The largest absolute Gasteiger partial charge is 0.489 e. The summed E-state index contributed by atoms with van der Waals surface area (Å²) in [7, 11) is 1.43. The number of rotatable bonds is 5. The SMILES string of the molecule is COC(=O)C1Cc2c([nH]c3ccccc23)C(c2cccc(OCc3ccccc3)c2)N1. The van der Waals surface area contributed by atoms with E-state index in [1.807, 2.05) is 60.7 Å². The molecule has 4 aromatic rings. The lowest BCUT2D eigenvalue weighted by Gasteiger charge is -2.30. The molecule has 0 amide bonds. The van der Waals surface area contributed by atoms with Gasteiger partial charge in [-0.1, -0.05) is 60.7 Å². The summed E-state index contributed by atoms with van der Waals surface area (Å²) >= 11 is 0. The first-order valence-electron chi connectivity index (χ1n) is 10.4. The van der Waals surface area contributed by atoms with Crippen molar-refractivity contribution >= 4 is 16.9 Å². The summed E-state index contributed by atoms with van der Waals surface area (Å²) in [4.78, 5) is 16.0. The Hall–Kier alpha value is -3.57. The number of aromatic amines is 1.